The van der Waals surface area contributed by atoms with Crippen LogP contribution < -0.4 is 10.6 Å². The van der Waals surface area contributed by atoms with Crippen molar-refractivity contribution in [1.82, 2.24) is 15.2 Å². The van der Waals surface area contributed by atoms with Gasteiger partial charge in [0.2, 0.25) is 0 Å². The van der Waals surface area contributed by atoms with E-state index in [1.54, 1.807) is 0 Å². The molecule has 0 atom stereocenters. The maximum atomic E-state index is 5.80. The minimum absolute atomic E-state index is 0.523. The highest BCUT2D eigenvalue weighted by molar-refractivity contribution is 5.89. The SMILES string of the molecule is CCN(CC)c1n[nH]c(-c2cccc(CN)c2)c1-c1ccncc1. The zero-order valence-corrected chi connectivity index (χ0v) is 14.2. The molecule has 0 spiro atoms. The molecule has 124 valence electrons. The van der Waals surface area contributed by atoms with E-state index in [0.29, 0.717) is 6.54 Å². The van der Waals surface area contributed by atoms with E-state index in [1.165, 1.54) is 0 Å². The van der Waals surface area contributed by atoms with Crippen LogP contribution in [-0.2, 0) is 6.54 Å². The van der Waals surface area contributed by atoms with Crippen molar-refractivity contribution in [2.45, 2.75) is 20.4 Å². The molecule has 0 unspecified atom stereocenters. The van der Waals surface area contributed by atoms with Crippen LogP contribution >= 0.6 is 0 Å². The first-order chi connectivity index (χ1) is 11.8. The summed E-state index contributed by atoms with van der Waals surface area (Å²) in [5, 5.41) is 7.85. The number of benzene rings is 1. The molecule has 3 aromatic rings. The average molecular weight is 321 g/mol. The average Bonchev–Trinajstić information content (AvgIpc) is 3.08. The van der Waals surface area contributed by atoms with Gasteiger partial charge in [-0.3, -0.25) is 10.1 Å². The molecule has 1 aromatic carbocycles. The summed E-state index contributed by atoms with van der Waals surface area (Å²) in [6.07, 6.45) is 3.63. The predicted molar refractivity (Wildman–Crippen MR) is 98.7 cm³/mol. The van der Waals surface area contributed by atoms with Crippen LogP contribution in [0.1, 0.15) is 19.4 Å². The van der Waals surface area contributed by atoms with Crippen molar-refractivity contribution >= 4 is 5.82 Å². The van der Waals surface area contributed by atoms with Crippen LogP contribution in [0, 0.1) is 0 Å². The molecule has 5 heteroatoms. The number of nitrogens with one attached hydrogen (secondary N) is 1. The lowest BCUT2D eigenvalue weighted by molar-refractivity contribution is 0.840. The second kappa shape index (κ2) is 7.27. The summed E-state index contributed by atoms with van der Waals surface area (Å²) in [6, 6.07) is 12.3. The maximum absolute atomic E-state index is 5.80. The molecule has 0 saturated heterocycles. The third kappa shape index (κ3) is 3.03. The van der Waals surface area contributed by atoms with E-state index in [9.17, 15) is 0 Å². The second-order valence-electron chi connectivity index (χ2n) is 5.61. The van der Waals surface area contributed by atoms with Crippen molar-refractivity contribution < 1.29 is 0 Å². The fraction of sp³-hybridized carbons (Fsp3) is 0.263. The minimum Gasteiger partial charge on any atom is -0.355 e. The van der Waals surface area contributed by atoms with E-state index in [1.807, 2.05) is 36.7 Å². The molecule has 0 amide bonds. The van der Waals surface area contributed by atoms with Gasteiger partial charge in [-0.2, -0.15) is 5.10 Å². The van der Waals surface area contributed by atoms with Crippen LogP contribution in [0.2, 0.25) is 0 Å². The number of rotatable bonds is 6. The Hall–Kier alpha value is -2.66. The van der Waals surface area contributed by atoms with Gasteiger partial charge in [0.15, 0.2) is 5.82 Å². The molecule has 3 rings (SSSR count). The molecule has 0 radical (unpaired) electrons. The zero-order chi connectivity index (χ0) is 16.9. The van der Waals surface area contributed by atoms with Gasteiger partial charge in [0.25, 0.3) is 0 Å². The molecule has 0 aliphatic heterocycles. The number of aromatic amines is 1. The number of anilines is 1. The highest BCUT2D eigenvalue weighted by Crippen LogP contribution is 2.37. The third-order valence-corrected chi connectivity index (χ3v) is 4.23. The summed E-state index contributed by atoms with van der Waals surface area (Å²) in [5.74, 6) is 0.972. The number of pyridine rings is 1. The van der Waals surface area contributed by atoms with E-state index < -0.39 is 0 Å². The molecular formula is C19H23N5. The molecule has 0 bridgehead atoms. The van der Waals surface area contributed by atoms with Gasteiger partial charge in [-0.25, -0.2) is 0 Å². The van der Waals surface area contributed by atoms with Gasteiger partial charge in [0, 0.05) is 37.6 Å². The molecule has 0 aliphatic rings. The summed E-state index contributed by atoms with van der Waals surface area (Å²) in [7, 11) is 0. The number of hydrogen-bond acceptors (Lipinski definition) is 4. The number of hydrogen-bond donors (Lipinski definition) is 2. The van der Waals surface area contributed by atoms with Gasteiger partial charge in [0.1, 0.15) is 0 Å². The van der Waals surface area contributed by atoms with E-state index in [-0.39, 0.29) is 0 Å². The van der Waals surface area contributed by atoms with E-state index in [2.05, 4.69) is 46.1 Å². The fourth-order valence-electron chi connectivity index (χ4n) is 2.94. The zero-order valence-electron chi connectivity index (χ0n) is 14.2. The second-order valence-corrected chi connectivity index (χ2v) is 5.61. The van der Waals surface area contributed by atoms with Crippen molar-refractivity contribution in [3.05, 3.63) is 54.4 Å². The smallest absolute Gasteiger partial charge is 0.158 e. The quantitative estimate of drug-likeness (QED) is 0.729. The number of H-pyrrole nitrogens is 1. The first-order valence-electron chi connectivity index (χ1n) is 8.31. The lowest BCUT2D eigenvalue weighted by atomic mass is 10.00. The Bertz CT molecular complexity index is 791. The fourth-order valence-corrected chi connectivity index (χ4v) is 2.94. The van der Waals surface area contributed by atoms with Crippen molar-refractivity contribution in [1.29, 1.82) is 0 Å². The summed E-state index contributed by atoms with van der Waals surface area (Å²) >= 11 is 0. The summed E-state index contributed by atoms with van der Waals surface area (Å²) in [4.78, 5) is 6.39. The van der Waals surface area contributed by atoms with Gasteiger partial charge in [0.05, 0.1) is 11.3 Å². The van der Waals surface area contributed by atoms with Crippen molar-refractivity contribution in [2.24, 2.45) is 5.73 Å². The van der Waals surface area contributed by atoms with Crippen LogP contribution in [0.25, 0.3) is 22.4 Å². The third-order valence-electron chi connectivity index (χ3n) is 4.23. The van der Waals surface area contributed by atoms with Gasteiger partial charge in [-0.05, 0) is 43.2 Å². The van der Waals surface area contributed by atoms with Gasteiger partial charge in [-0.15, -0.1) is 0 Å². The monoisotopic (exact) mass is 321 g/mol. The Morgan fingerprint density at radius 2 is 1.79 bits per heavy atom. The predicted octanol–water partition coefficient (Wildman–Crippen LogP) is 3.44. The lowest BCUT2D eigenvalue weighted by Gasteiger charge is -2.20. The van der Waals surface area contributed by atoms with E-state index in [0.717, 1.165) is 46.9 Å². The normalized spacial score (nSPS) is 10.8. The number of aromatic nitrogens is 3. The first kappa shape index (κ1) is 16.2. The van der Waals surface area contributed by atoms with Gasteiger partial charge < -0.3 is 10.6 Å². The Balaban J connectivity index is 2.19. The Kier molecular flexibility index (Phi) is 4.91. The van der Waals surface area contributed by atoms with E-state index >= 15 is 0 Å². The molecule has 2 heterocycles. The Morgan fingerprint density at radius 1 is 1.04 bits per heavy atom. The highest BCUT2D eigenvalue weighted by Gasteiger charge is 2.20. The molecule has 5 nitrogen and oxygen atoms in total. The molecule has 0 aliphatic carbocycles. The van der Waals surface area contributed by atoms with Gasteiger partial charge in [-0.1, -0.05) is 18.2 Å². The minimum atomic E-state index is 0.523. The molecular weight excluding hydrogens is 298 g/mol. The molecule has 3 N–H and O–H groups in total. The first-order valence-corrected chi connectivity index (χ1v) is 8.31. The largest absolute Gasteiger partial charge is 0.355 e. The van der Waals surface area contributed by atoms with Crippen molar-refractivity contribution in [3.8, 4) is 22.4 Å². The lowest BCUT2D eigenvalue weighted by Crippen LogP contribution is -2.22. The van der Waals surface area contributed by atoms with Gasteiger partial charge >= 0.3 is 0 Å². The van der Waals surface area contributed by atoms with E-state index in [4.69, 9.17) is 5.73 Å². The highest BCUT2D eigenvalue weighted by atomic mass is 15.3. The van der Waals surface area contributed by atoms with Crippen LogP contribution in [-0.4, -0.2) is 28.3 Å². The van der Waals surface area contributed by atoms with Crippen LogP contribution in [0.4, 0.5) is 5.82 Å². The summed E-state index contributed by atoms with van der Waals surface area (Å²) in [5.41, 5.74) is 11.2. The Morgan fingerprint density at radius 3 is 2.46 bits per heavy atom. The number of nitrogens with two attached hydrogens (primary N) is 1. The summed E-state index contributed by atoms with van der Waals surface area (Å²) < 4.78 is 0. The van der Waals surface area contributed by atoms with Crippen LogP contribution in [0.3, 0.4) is 0 Å². The Labute approximate surface area is 142 Å². The standard InChI is InChI=1S/C19H23N5/c1-3-24(4-2)19-17(15-8-10-21-11-9-15)18(22-23-19)16-7-5-6-14(12-16)13-20/h5-12H,3-4,13,20H2,1-2H3,(H,22,23). The molecule has 0 fully saturated rings. The maximum Gasteiger partial charge on any atom is 0.158 e. The molecule has 2 aromatic heterocycles. The molecule has 24 heavy (non-hydrogen) atoms. The van der Waals surface area contributed by atoms with Crippen LogP contribution in [0.15, 0.2) is 48.8 Å². The summed E-state index contributed by atoms with van der Waals surface area (Å²) in [6.45, 7) is 6.62. The van der Waals surface area contributed by atoms with Crippen LogP contribution in [0.5, 0.6) is 0 Å². The topological polar surface area (TPSA) is 70.8 Å². The van der Waals surface area contributed by atoms with Crippen molar-refractivity contribution in [3.63, 3.8) is 0 Å². The molecule has 0 saturated carbocycles. The van der Waals surface area contributed by atoms with Crippen molar-refractivity contribution in [2.75, 3.05) is 18.0 Å². The number of nitrogens with zero attached hydrogens (tertiary/aromatic N) is 3.